The molecule has 0 aliphatic carbocycles. The fourth-order valence-electron chi connectivity index (χ4n) is 4.13. The van der Waals surface area contributed by atoms with E-state index in [9.17, 15) is 14.0 Å². The smallest absolute Gasteiger partial charge is 0.269 e. The van der Waals surface area contributed by atoms with Gasteiger partial charge in [-0.25, -0.2) is 4.39 Å². The third-order valence-electron chi connectivity index (χ3n) is 5.51. The molecule has 2 amide bonds. The van der Waals surface area contributed by atoms with Crippen LogP contribution < -0.4 is 9.80 Å². The SMILES string of the molecule is O=C1CS[C@@]2(C(=O)N(Cc3ccccc3Cl)c3ccccc32)N1c1ccc(F)c(Cl)c1. The molecule has 4 nitrogen and oxygen atoms in total. The van der Waals surface area contributed by atoms with Crippen LogP contribution in [-0.4, -0.2) is 17.6 Å². The zero-order valence-corrected chi connectivity index (χ0v) is 18.3. The van der Waals surface area contributed by atoms with Gasteiger partial charge in [0.2, 0.25) is 10.8 Å². The van der Waals surface area contributed by atoms with Gasteiger partial charge in [-0.15, -0.1) is 11.8 Å². The van der Waals surface area contributed by atoms with Gasteiger partial charge in [0.15, 0.2) is 0 Å². The van der Waals surface area contributed by atoms with Crippen molar-refractivity contribution in [3.8, 4) is 0 Å². The average Bonchev–Trinajstić information content (AvgIpc) is 3.23. The van der Waals surface area contributed by atoms with Crippen LogP contribution in [0.5, 0.6) is 0 Å². The van der Waals surface area contributed by atoms with Crippen molar-refractivity contribution >= 4 is 58.2 Å². The normalized spacial score (nSPS) is 20.1. The van der Waals surface area contributed by atoms with Gasteiger partial charge in [0.25, 0.3) is 5.91 Å². The number of carbonyl (C=O) groups is 2. The summed E-state index contributed by atoms with van der Waals surface area (Å²) in [6, 6.07) is 18.8. The van der Waals surface area contributed by atoms with E-state index in [0.717, 1.165) is 5.56 Å². The van der Waals surface area contributed by atoms with Crippen LogP contribution in [0.4, 0.5) is 15.8 Å². The molecular formula is C23H15Cl2FN2O2S. The first kappa shape index (κ1) is 20.4. The van der Waals surface area contributed by atoms with Gasteiger partial charge in [-0.1, -0.05) is 59.6 Å². The first-order chi connectivity index (χ1) is 14.9. The molecule has 1 saturated heterocycles. The molecule has 1 atom stereocenters. The molecule has 1 spiro atoms. The van der Waals surface area contributed by atoms with Gasteiger partial charge in [-0.05, 0) is 35.9 Å². The number of benzene rings is 3. The summed E-state index contributed by atoms with van der Waals surface area (Å²) in [6.45, 7) is 0.268. The highest BCUT2D eigenvalue weighted by Crippen LogP contribution is 2.56. The molecule has 0 aromatic heterocycles. The maximum atomic E-state index is 13.9. The number of carbonyl (C=O) groups excluding carboxylic acids is 2. The number of fused-ring (bicyclic) bond motifs is 2. The molecular weight excluding hydrogens is 458 g/mol. The maximum absolute atomic E-state index is 13.9. The highest BCUT2D eigenvalue weighted by molar-refractivity contribution is 8.02. The van der Waals surface area contributed by atoms with Gasteiger partial charge in [0, 0.05) is 16.3 Å². The Bertz CT molecular complexity index is 1240. The minimum atomic E-state index is -1.28. The van der Waals surface area contributed by atoms with E-state index in [-0.39, 0.29) is 29.1 Å². The van der Waals surface area contributed by atoms with Crippen LogP contribution in [0.15, 0.2) is 66.7 Å². The highest BCUT2D eigenvalue weighted by Gasteiger charge is 2.61. The fraction of sp³-hybridized carbons (Fsp3) is 0.130. The summed E-state index contributed by atoms with van der Waals surface area (Å²) in [4.78, 5) is 28.7. The molecule has 3 aromatic carbocycles. The summed E-state index contributed by atoms with van der Waals surface area (Å²) in [7, 11) is 0. The summed E-state index contributed by atoms with van der Waals surface area (Å²) in [5.74, 6) is -0.952. The second-order valence-corrected chi connectivity index (χ2v) is 9.24. The van der Waals surface area contributed by atoms with Gasteiger partial charge in [-0.2, -0.15) is 0 Å². The molecule has 8 heteroatoms. The van der Waals surface area contributed by atoms with Crippen molar-refractivity contribution in [2.75, 3.05) is 15.6 Å². The Morgan fingerprint density at radius 1 is 0.968 bits per heavy atom. The van der Waals surface area contributed by atoms with Gasteiger partial charge in [0.05, 0.1) is 23.0 Å². The third-order valence-corrected chi connectivity index (χ3v) is 7.56. The molecule has 156 valence electrons. The molecule has 0 radical (unpaired) electrons. The van der Waals surface area contributed by atoms with Crippen molar-refractivity contribution in [1.82, 2.24) is 0 Å². The first-order valence-corrected chi connectivity index (χ1v) is 11.2. The van der Waals surface area contributed by atoms with E-state index in [1.165, 1.54) is 34.9 Å². The van der Waals surface area contributed by atoms with Crippen molar-refractivity contribution in [2.24, 2.45) is 0 Å². The molecule has 2 aliphatic heterocycles. The van der Waals surface area contributed by atoms with Crippen LogP contribution in [0.3, 0.4) is 0 Å². The lowest BCUT2D eigenvalue weighted by Gasteiger charge is -2.33. The van der Waals surface area contributed by atoms with Gasteiger partial charge < -0.3 is 4.90 Å². The van der Waals surface area contributed by atoms with Gasteiger partial charge in [0.1, 0.15) is 5.82 Å². The molecule has 3 aromatic rings. The number of hydrogen-bond acceptors (Lipinski definition) is 3. The first-order valence-electron chi connectivity index (χ1n) is 9.50. The second-order valence-electron chi connectivity index (χ2n) is 7.26. The van der Waals surface area contributed by atoms with E-state index in [0.29, 0.717) is 22.0 Å². The molecule has 5 rings (SSSR count). The van der Waals surface area contributed by atoms with Crippen molar-refractivity contribution in [1.29, 1.82) is 0 Å². The van der Waals surface area contributed by atoms with Crippen LogP contribution in [0, 0.1) is 5.82 Å². The standard InChI is InChI=1S/C23H15Cl2FN2O2S/c24-17-7-3-1-5-14(17)12-27-20-8-4-2-6-16(20)23(22(27)30)28(21(29)13-31-23)15-9-10-19(26)18(25)11-15/h1-11H,12-13H2/t23-/m0/s1. The topological polar surface area (TPSA) is 40.6 Å². The largest absolute Gasteiger partial charge is 0.304 e. The quantitative estimate of drug-likeness (QED) is 0.497. The lowest BCUT2D eigenvalue weighted by molar-refractivity contribution is -0.123. The van der Waals surface area contributed by atoms with Crippen LogP contribution in [0.2, 0.25) is 10.0 Å². The van der Waals surface area contributed by atoms with Crippen molar-refractivity contribution in [3.63, 3.8) is 0 Å². The summed E-state index contributed by atoms with van der Waals surface area (Å²) in [6.07, 6.45) is 0. The molecule has 0 N–H and O–H groups in total. The number of amides is 2. The van der Waals surface area contributed by atoms with E-state index in [4.69, 9.17) is 23.2 Å². The third kappa shape index (κ3) is 3.04. The van der Waals surface area contributed by atoms with E-state index in [1.54, 1.807) is 11.0 Å². The molecule has 0 saturated carbocycles. The minimum absolute atomic E-state index is 0.107. The Balaban J connectivity index is 1.66. The van der Waals surface area contributed by atoms with Crippen LogP contribution in [0.1, 0.15) is 11.1 Å². The zero-order valence-electron chi connectivity index (χ0n) is 16.0. The average molecular weight is 473 g/mol. The van der Waals surface area contributed by atoms with Gasteiger partial charge >= 0.3 is 0 Å². The van der Waals surface area contributed by atoms with E-state index >= 15 is 0 Å². The van der Waals surface area contributed by atoms with Crippen molar-refractivity contribution < 1.29 is 14.0 Å². The Morgan fingerprint density at radius 3 is 2.48 bits per heavy atom. The molecule has 31 heavy (non-hydrogen) atoms. The van der Waals surface area contributed by atoms with E-state index < -0.39 is 10.7 Å². The fourth-order valence-corrected chi connectivity index (χ4v) is 5.86. The number of halogens is 3. The monoisotopic (exact) mass is 472 g/mol. The number of para-hydroxylation sites is 1. The predicted molar refractivity (Wildman–Crippen MR) is 122 cm³/mol. The van der Waals surface area contributed by atoms with Gasteiger partial charge in [-0.3, -0.25) is 14.5 Å². The zero-order chi connectivity index (χ0) is 21.8. The number of anilines is 2. The van der Waals surface area contributed by atoms with Crippen molar-refractivity contribution in [3.05, 3.63) is 93.7 Å². The number of thioether (sulfide) groups is 1. The number of nitrogens with zero attached hydrogens (tertiary/aromatic N) is 2. The molecule has 1 fully saturated rings. The van der Waals surface area contributed by atoms with Crippen molar-refractivity contribution in [2.45, 2.75) is 11.4 Å². The lowest BCUT2D eigenvalue weighted by atomic mass is 10.0. The lowest BCUT2D eigenvalue weighted by Crippen LogP contribution is -2.49. The highest BCUT2D eigenvalue weighted by atomic mass is 35.5. The molecule has 0 bridgehead atoms. The Hall–Kier alpha value is -2.54. The second kappa shape index (κ2) is 7.55. The summed E-state index contributed by atoms with van der Waals surface area (Å²) in [5, 5.41) is 0.454. The number of rotatable bonds is 3. The predicted octanol–water partition coefficient (Wildman–Crippen LogP) is 5.61. The summed E-state index contributed by atoms with van der Waals surface area (Å²) in [5.41, 5.74) is 2.61. The Morgan fingerprint density at radius 2 is 1.71 bits per heavy atom. The maximum Gasteiger partial charge on any atom is 0.269 e. The van der Waals surface area contributed by atoms with E-state index in [2.05, 4.69) is 0 Å². The summed E-state index contributed by atoms with van der Waals surface area (Å²) < 4.78 is 13.8. The number of hydrogen-bond donors (Lipinski definition) is 0. The van der Waals surface area contributed by atoms with Crippen LogP contribution >= 0.6 is 35.0 Å². The molecule has 0 unspecified atom stereocenters. The molecule has 2 heterocycles. The minimum Gasteiger partial charge on any atom is -0.304 e. The van der Waals surface area contributed by atoms with Crippen LogP contribution in [0.25, 0.3) is 0 Å². The molecule has 2 aliphatic rings. The summed E-state index contributed by atoms with van der Waals surface area (Å²) >= 11 is 13.6. The Kier molecular flexibility index (Phi) is 4.96. The van der Waals surface area contributed by atoms with E-state index in [1.807, 2.05) is 42.5 Å². The Labute approximate surface area is 192 Å². The van der Waals surface area contributed by atoms with Crippen LogP contribution in [-0.2, 0) is 21.0 Å².